The molecule has 1 aliphatic heterocycles. The van der Waals surface area contributed by atoms with Gasteiger partial charge in [0.2, 0.25) is 5.91 Å². The predicted octanol–water partition coefficient (Wildman–Crippen LogP) is 0.644. The van der Waals surface area contributed by atoms with E-state index in [1.807, 2.05) is 0 Å². The molecule has 1 heterocycles. The molecular weight excluding hydrogens is 194 g/mol. The molecule has 1 amide bonds. The molecule has 15 heavy (non-hydrogen) atoms. The number of unbranched alkanes of at least 4 members (excludes halogenated alkanes) is 2. The highest BCUT2D eigenvalue weighted by Crippen LogP contribution is 2.28. The number of nitrogens with zero attached hydrogens (tertiary/aromatic N) is 1. The number of ether oxygens (including phenoxy) is 1. The van der Waals surface area contributed by atoms with Gasteiger partial charge in [0.15, 0.2) is 0 Å². The number of hydrogen-bond donors (Lipinski definition) is 1. The lowest BCUT2D eigenvalue weighted by molar-refractivity contribution is -0.179. The Morgan fingerprint density at radius 1 is 1.47 bits per heavy atom. The summed E-state index contributed by atoms with van der Waals surface area (Å²) in [6, 6.07) is 0. The van der Waals surface area contributed by atoms with Crippen LogP contribution >= 0.6 is 0 Å². The zero-order valence-corrected chi connectivity index (χ0v) is 9.66. The standard InChI is InChI=1S/C11H21NO3/c1-3-4-5-6-12(2)10(14)11(7-13)8-15-9-11/h13H,3-9H2,1-2H3. The minimum absolute atomic E-state index is 0.0207. The van der Waals surface area contributed by atoms with Crippen molar-refractivity contribution >= 4 is 5.91 Å². The predicted molar refractivity (Wildman–Crippen MR) is 57.5 cm³/mol. The third kappa shape index (κ3) is 2.69. The number of carbonyl (C=O) groups excluding carboxylic acids is 1. The number of aliphatic hydroxyl groups is 1. The van der Waals surface area contributed by atoms with Crippen LogP contribution in [0.5, 0.6) is 0 Å². The molecule has 1 rings (SSSR count). The van der Waals surface area contributed by atoms with Crippen molar-refractivity contribution in [3.63, 3.8) is 0 Å². The molecule has 0 saturated carbocycles. The molecule has 4 nitrogen and oxygen atoms in total. The molecule has 1 N–H and O–H groups in total. The van der Waals surface area contributed by atoms with E-state index in [4.69, 9.17) is 4.74 Å². The molecule has 1 aliphatic rings. The van der Waals surface area contributed by atoms with Crippen molar-refractivity contribution in [1.29, 1.82) is 0 Å². The van der Waals surface area contributed by atoms with Crippen LogP contribution in [-0.2, 0) is 9.53 Å². The van der Waals surface area contributed by atoms with Crippen molar-refractivity contribution in [2.75, 3.05) is 33.4 Å². The molecule has 1 fully saturated rings. The summed E-state index contributed by atoms with van der Waals surface area (Å²) in [7, 11) is 1.80. The fraction of sp³-hybridized carbons (Fsp3) is 0.909. The van der Waals surface area contributed by atoms with Crippen molar-refractivity contribution in [2.45, 2.75) is 26.2 Å². The number of carbonyl (C=O) groups is 1. The lowest BCUT2D eigenvalue weighted by atomic mass is 9.85. The van der Waals surface area contributed by atoms with Gasteiger partial charge in [0.05, 0.1) is 19.8 Å². The third-order valence-electron chi connectivity index (χ3n) is 2.96. The van der Waals surface area contributed by atoms with Gasteiger partial charge in [-0.1, -0.05) is 19.8 Å². The Labute approximate surface area is 91.2 Å². The molecule has 0 unspecified atom stereocenters. The lowest BCUT2D eigenvalue weighted by Crippen LogP contribution is -2.56. The number of hydrogen-bond acceptors (Lipinski definition) is 3. The first-order chi connectivity index (χ1) is 7.16. The summed E-state index contributed by atoms with van der Waals surface area (Å²) in [6.45, 7) is 3.52. The van der Waals surface area contributed by atoms with Gasteiger partial charge in [0, 0.05) is 13.6 Å². The lowest BCUT2D eigenvalue weighted by Gasteiger charge is -2.40. The van der Waals surface area contributed by atoms with E-state index < -0.39 is 5.41 Å². The van der Waals surface area contributed by atoms with Crippen LogP contribution in [0, 0.1) is 5.41 Å². The molecule has 0 bridgehead atoms. The third-order valence-corrected chi connectivity index (χ3v) is 2.96. The van der Waals surface area contributed by atoms with Crippen molar-refractivity contribution < 1.29 is 14.6 Å². The SMILES string of the molecule is CCCCCN(C)C(=O)C1(CO)COC1. The Morgan fingerprint density at radius 2 is 2.13 bits per heavy atom. The molecule has 0 aliphatic carbocycles. The van der Waals surface area contributed by atoms with Crippen LogP contribution in [0.15, 0.2) is 0 Å². The van der Waals surface area contributed by atoms with Crippen molar-refractivity contribution in [1.82, 2.24) is 4.90 Å². The summed E-state index contributed by atoms with van der Waals surface area (Å²) in [5.74, 6) is 0.0207. The second kappa shape index (κ2) is 5.47. The van der Waals surface area contributed by atoms with Gasteiger partial charge in [-0.3, -0.25) is 4.79 Å². The van der Waals surface area contributed by atoms with Gasteiger partial charge in [0.25, 0.3) is 0 Å². The Bertz CT molecular complexity index is 208. The van der Waals surface area contributed by atoms with Crippen LogP contribution in [0.4, 0.5) is 0 Å². The van der Waals surface area contributed by atoms with E-state index in [9.17, 15) is 9.90 Å². The van der Waals surface area contributed by atoms with Crippen LogP contribution in [0.1, 0.15) is 26.2 Å². The van der Waals surface area contributed by atoms with E-state index in [2.05, 4.69) is 6.92 Å². The highest BCUT2D eigenvalue weighted by Gasteiger charge is 2.46. The second-order valence-electron chi connectivity index (χ2n) is 4.37. The van der Waals surface area contributed by atoms with Crippen molar-refractivity contribution in [3.05, 3.63) is 0 Å². The fourth-order valence-corrected chi connectivity index (χ4v) is 1.74. The number of amides is 1. The highest BCUT2D eigenvalue weighted by atomic mass is 16.5. The summed E-state index contributed by atoms with van der Waals surface area (Å²) in [5, 5.41) is 9.20. The first-order valence-corrected chi connectivity index (χ1v) is 5.60. The van der Waals surface area contributed by atoms with Crippen LogP contribution in [0.25, 0.3) is 0 Å². The van der Waals surface area contributed by atoms with Gasteiger partial charge in [-0.2, -0.15) is 0 Å². The smallest absolute Gasteiger partial charge is 0.235 e. The highest BCUT2D eigenvalue weighted by molar-refractivity contribution is 5.83. The minimum atomic E-state index is -0.638. The molecule has 0 spiro atoms. The molecule has 0 aromatic carbocycles. The van der Waals surface area contributed by atoms with Gasteiger partial charge < -0.3 is 14.7 Å². The largest absolute Gasteiger partial charge is 0.395 e. The first kappa shape index (κ1) is 12.5. The maximum Gasteiger partial charge on any atom is 0.235 e. The minimum Gasteiger partial charge on any atom is -0.395 e. The Balaban J connectivity index is 2.37. The molecule has 0 radical (unpaired) electrons. The summed E-state index contributed by atoms with van der Waals surface area (Å²) < 4.78 is 5.02. The van der Waals surface area contributed by atoms with Gasteiger partial charge in [-0.25, -0.2) is 0 Å². The van der Waals surface area contributed by atoms with E-state index in [1.165, 1.54) is 0 Å². The quantitative estimate of drug-likeness (QED) is 0.662. The second-order valence-corrected chi connectivity index (χ2v) is 4.37. The van der Waals surface area contributed by atoms with E-state index in [-0.39, 0.29) is 12.5 Å². The molecule has 0 aromatic rings. The number of aliphatic hydroxyl groups excluding tert-OH is 1. The van der Waals surface area contributed by atoms with Crippen molar-refractivity contribution in [3.8, 4) is 0 Å². The zero-order chi connectivity index (χ0) is 11.3. The summed E-state index contributed by atoms with van der Waals surface area (Å²) in [6.07, 6.45) is 3.32. The van der Waals surface area contributed by atoms with Gasteiger partial charge in [0.1, 0.15) is 5.41 Å². The van der Waals surface area contributed by atoms with E-state index in [1.54, 1.807) is 11.9 Å². The topological polar surface area (TPSA) is 49.8 Å². The summed E-state index contributed by atoms with van der Waals surface area (Å²) in [5.41, 5.74) is -0.638. The zero-order valence-electron chi connectivity index (χ0n) is 9.66. The van der Waals surface area contributed by atoms with Crippen LogP contribution in [0.2, 0.25) is 0 Å². The molecular formula is C11H21NO3. The maximum atomic E-state index is 12.0. The number of rotatable bonds is 6. The van der Waals surface area contributed by atoms with Crippen LogP contribution in [-0.4, -0.2) is 49.3 Å². The summed E-state index contributed by atoms with van der Waals surface area (Å²) >= 11 is 0. The molecule has 88 valence electrons. The molecule has 1 saturated heterocycles. The average Bonchev–Trinajstić information content (AvgIpc) is 2.17. The van der Waals surface area contributed by atoms with Crippen LogP contribution in [0.3, 0.4) is 0 Å². The average molecular weight is 215 g/mol. The monoisotopic (exact) mass is 215 g/mol. The van der Waals surface area contributed by atoms with Gasteiger partial charge in [-0.15, -0.1) is 0 Å². The van der Waals surface area contributed by atoms with E-state index in [0.717, 1.165) is 25.8 Å². The Kier molecular flexibility index (Phi) is 4.54. The van der Waals surface area contributed by atoms with E-state index in [0.29, 0.717) is 13.2 Å². The molecule has 4 heteroatoms. The molecule has 0 atom stereocenters. The normalized spacial score (nSPS) is 18.3. The summed E-state index contributed by atoms with van der Waals surface area (Å²) in [4.78, 5) is 13.7. The maximum absolute atomic E-state index is 12.0. The van der Waals surface area contributed by atoms with Gasteiger partial charge in [-0.05, 0) is 6.42 Å². The van der Waals surface area contributed by atoms with Gasteiger partial charge >= 0.3 is 0 Å². The Hall–Kier alpha value is -0.610. The Morgan fingerprint density at radius 3 is 2.53 bits per heavy atom. The fourth-order valence-electron chi connectivity index (χ4n) is 1.74. The first-order valence-electron chi connectivity index (χ1n) is 5.60. The van der Waals surface area contributed by atoms with Crippen molar-refractivity contribution in [2.24, 2.45) is 5.41 Å². The van der Waals surface area contributed by atoms with Crippen LogP contribution < -0.4 is 0 Å². The van der Waals surface area contributed by atoms with E-state index >= 15 is 0 Å². The molecule has 0 aromatic heterocycles.